The Balaban J connectivity index is 1.09. The third kappa shape index (κ3) is 5.26. The predicted molar refractivity (Wildman–Crippen MR) is 237 cm³/mol. The fraction of sp³-hybridized carbons (Fsp3) is 0. The molecule has 0 fully saturated rings. The molecule has 0 unspecified atom stereocenters. The molecule has 9 aromatic carbocycles. The van der Waals surface area contributed by atoms with E-state index in [1.165, 1.54) is 88.1 Å². The first-order valence-corrected chi connectivity index (χ1v) is 19.3. The molecule has 2 aromatic heterocycles. The molecule has 2 heterocycles. The van der Waals surface area contributed by atoms with Gasteiger partial charge in [0.1, 0.15) is 0 Å². The second-order valence-electron chi connectivity index (χ2n) is 14.5. The summed E-state index contributed by atoms with van der Waals surface area (Å²) in [6.07, 6.45) is 0. The van der Waals surface area contributed by atoms with Crippen molar-refractivity contribution in [2.24, 2.45) is 0 Å². The van der Waals surface area contributed by atoms with E-state index in [9.17, 15) is 0 Å². The van der Waals surface area contributed by atoms with Crippen LogP contribution in [0.4, 0.5) is 0 Å². The van der Waals surface area contributed by atoms with Crippen LogP contribution in [-0.4, -0.2) is 9.13 Å². The zero-order valence-corrected chi connectivity index (χ0v) is 30.7. The minimum Gasteiger partial charge on any atom is -0.309 e. The van der Waals surface area contributed by atoms with Gasteiger partial charge in [-0.25, -0.2) is 0 Å². The largest absolute Gasteiger partial charge is 0.309 e. The third-order valence-electron chi connectivity index (χ3n) is 11.3. The summed E-state index contributed by atoms with van der Waals surface area (Å²) < 4.78 is 4.81. The van der Waals surface area contributed by atoms with E-state index in [1.54, 1.807) is 0 Å². The van der Waals surface area contributed by atoms with Gasteiger partial charge < -0.3 is 9.13 Å². The quantitative estimate of drug-likeness (QED) is 0.162. The molecule has 0 aliphatic carbocycles. The summed E-state index contributed by atoms with van der Waals surface area (Å²) in [5.74, 6) is 0. The van der Waals surface area contributed by atoms with E-state index in [1.807, 2.05) is 0 Å². The minimum absolute atomic E-state index is 1.15. The van der Waals surface area contributed by atoms with Crippen molar-refractivity contribution in [1.82, 2.24) is 9.13 Å². The van der Waals surface area contributed by atoms with Gasteiger partial charge in [-0.2, -0.15) is 0 Å². The van der Waals surface area contributed by atoms with Gasteiger partial charge in [0.05, 0.1) is 22.1 Å². The van der Waals surface area contributed by atoms with Crippen LogP contribution >= 0.6 is 0 Å². The second kappa shape index (κ2) is 13.2. The number of para-hydroxylation sites is 2. The molecule has 0 bridgehead atoms. The van der Waals surface area contributed by atoms with Gasteiger partial charge in [-0.05, 0) is 111 Å². The second-order valence-corrected chi connectivity index (χ2v) is 14.5. The highest BCUT2D eigenvalue weighted by Crippen LogP contribution is 2.42. The van der Waals surface area contributed by atoms with Crippen LogP contribution in [0, 0.1) is 0 Å². The van der Waals surface area contributed by atoms with Crippen LogP contribution in [0.15, 0.2) is 218 Å². The Morgan fingerprint density at radius 2 is 0.679 bits per heavy atom. The molecule has 11 rings (SSSR count). The van der Waals surface area contributed by atoms with Gasteiger partial charge in [-0.3, -0.25) is 0 Å². The molecule has 2 nitrogen and oxygen atoms in total. The van der Waals surface area contributed by atoms with E-state index >= 15 is 0 Å². The van der Waals surface area contributed by atoms with Crippen LogP contribution < -0.4 is 0 Å². The van der Waals surface area contributed by atoms with Crippen molar-refractivity contribution in [2.45, 2.75) is 0 Å². The normalized spacial score (nSPS) is 11.6. The fourth-order valence-electron chi connectivity index (χ4n) is 8.71. The van der Waals surface area contributed by atoms with Crippen molar-refractivity contribution in [3.63, 3.8) is 0 Å². The molecule has 0 aliphatic heterocycles. The van der Waals surface area contributed by atoms with Crippen molar-refractivity contribution >= 4 is 43.6 Å². The fourth-order valence-corrected chi connectivity index (χ4v) is 8.71. The smallest absolute Gasteiger partial charge is 0.0547 e. The summed E-state index contributed by atoms with van der Waals surface area (Å²) in [7, 11) is 0. The maximum atomic E-state index is 2.42. The molecule has 262 valence electrons. The lowest BCUT2D eigenvalue weighted by Crippen LogP contribution is -1.94. The molecule has 0 aliphatic rings. The Hall–Kier alpha value is -7.42. The van der Waals surface area contributed by atoms with E-state index in [2.05, 4.69) is 228 Å². The molecular weight excluding hydrogens is 677 g/mol. The zero-order chi connectivity index (χ0) is 37.0. The van der Waals surface area contributed by atoms with Crippen molar-refractivity contribution in [3.05, 3.63) is 218 Å². The van der Waals surface area contributed by atoms with Gasteiger partial charge in [0, 0.05) is 32.9 Å². The van der Waals surface area contributed by atoms with E-state index in [0.717, 1.165) is 11.4 Å². The molecule has 0 saturated carbocycles. The number of fused-ring (bicyclic) bond motifs is 6. The molecule has 0 atom stereocenters. The Kier molecular flexibility index (Phi) is 7.53. The SMILES string of the molecule is c1ccc(-c2ccc(-n3c4ccccc4c4cc(-c5ccc6c(c5)c5c(-c7cccc(-c8ccccc8)c7)cccc5n6-c5ccccc5)ccc43)cc2)cc1. The molecule has 56 heavy (non-hydrogen) atoms. The maximum Gasteiger partial charge on any atom is 0.0547 e. The lowest BCUT2D eigenvalue weighted by molar-refractivity contribution is 1.18. The van der Waals surface area contributed by atoms with Crippen molar-refractivity contribution < 1.29 is 0 Å². The molecule has 0 spiro atoms. The summed E-state index contributed by atoms with van der Waals surface area (Å²) in [4.78, 5) is 0. The predicted octanol–water partition coefficient (Wildman–Crippen LogP) is 14.5. The van der Waals surface area contributed by atoms with Crippen LogP contribution in [0.2, 0.25) is 0 Å². The number of aromatic nitrogens is 2. The van der Waals surface area contributed by atoms with Crippen LogP contribution in [0.1, 0.15) is 0 Å². The summed E-state index contributed by atoms with van der Waals surface area (Å²) in [5, 5.41) is 4.99. The summed E-state index contributed by atoms with van der Waals surface area (Å²) in [5.41, 5.74) is 16.8. The monoisotopic (exact) mass is 712 g/mol. The van der Waals surface area contributed by atoms with Gasteiger partial charge >= 0.3 is 0 Å². The Morgan fingerprint density at radius 3 is 1.41 bits per heavy atom. The zero-order valence-electron chi connectivity index (χ0n) is 30.7. The third-order valence-corrected chi connectivity index (χ3v) is 11.3. The van der Waals surface area contributed by atoms with Crippen molar-refractivity contribution in [1.29, 1.82) is 0 Å². The van der Waals surface area contributed by atoms with E-state index in [4.69, 9.17) is 0 Å². The van der Waals surface area contributed by atoms with Crippen LogP contribution in [0.5, 0.6) is 0 Å². The molecule has 0 saturated heterocycles. The molecule has 0 amide bonds. The average molecular weight is 713 g/mol. The highest BCUT2D eigenvalue weighted by Gasteiger charge is 2.19. The minimum atomic E-state index is 1.15. The molecule has 2 heteroatoms. The summed E-state index contributed by atoms with van der Waals surface area (Å²) >= 11 is 0. The van der Waals surface area contributed by atoms with Gasteiger partial charge in [-0.15, -0.1) is 0 Å². The Labute approximate surface area is 325 Å². The first-order valence-electron chi connectivity index (χ1n) is 19.3. The highest BCUT2D eigenvalue weighted by atomic mass is 15.0. The number of hydrogen-bond acceptors (Lipinski definition) is 0. The molecule has 0 radical (unpaired) electrons. The lowest BCUT2D eigenvalue weighted by atomic mass is 9.95. The molecule has 0 N–H and O–H groups in total. The van der Waals surface area contributed by atoms with Crippen LogP contribution in [-0.2, 0) is 0 Å². The highest BCUT2D eigenvalue weighted by molar-refractivity contribution is 6.17. The Morgan fingerprint density at radius 1 is 0.232 bits per heavy atom. The van der Waals surface area contributed by atoms with Gasteiger partial charge in [0.2, 0.25) is 0 Å². The van der Waals surface area contributed by atoms with Gasteiger partial charge in [0.15, 0.2) is 0 Å². The van der Waals surface area contributed by atoms with Crippen LogP contribution in [0.3, 0.4) is 0 Å². The van der Waals surface area contributed by atoms with Crippen molar-refractivity contribution in [2.75, 3.05) is 0 Å². The number of benzene rings is 9. The maximum absolute atomic E-state index is 2.42. The number of hydrogen-bond donors (Lipinski definition) is 0. The van der Waals surface area contributed by atoms with E-state index in [0.29, 0.717) is 0 Å². The number of nitrogens with zero attached hydrogens (tertiary/aromatic N) is 2. The summed E-state index contributed by atoms with van der Waals surface area (Å²) in [6, 6.07) is 79.4. The molecular formula is C54H36N2. The topological polar surface area (TPSA) is 9.86 Å². The lowest BCUT2D eigenvalue weighted by Gasteiger charge is -2.10. The molecule has 11 aromatic rings. The van der Waals surface area contributed by atoms with Crippen molar-refractivity contribution in [3.8, 4) is 55.9 Å². The standard InChI is InChI=1S/C54H36N2/c1-4-14-37(15-5-1)39-26-30-45(31-27-39)55-50-24-11-10-22-47(50)48-35-41(28-32-51(48)55)42-29-33-52-49(36-42)54-46(23-13-25-53(54)56(52)44-20-8-3-9-21-44)43-19-12-18-40(34-43)38-16-6-2-7-17-38/h1-36H. The number of rotatable bonds is 6. The first kappa shape index (κ1) is 32.0. The van der Waals surface area contributed by atoms with Gasteiger partial charge in [0.25, 0.3) is 0 Å². The van der Waals surface area contributed by atoms with Crippen LogP contribution in [0.25, 0.3) is 99.5 Å². The van der Waals surface area contributed by atoms with E-state index < -0.39 is 0 Å². The van der Waals surface area contributed by atoms with E-state index in [-0.39, 0.29) is 0 Å². The first-order chi connectivity index (χ1) is 27.8. The average Bonchev–Trinajstić information content (AvgIpc) is 3.80. The van der Waals surface area contributed by atoms with Gasteiger partial charge in [-0.1, -0.05) is 152 Å². The summed E-state index contributed by atoms with van der Waals surface area (Å²) in [6.45, 7) is 0. The Bertz CT molecular complexity index is 3210.